The van der Waals surface area contributed by atoms with Crippen molar-refractivity contribution in [3.8, 4) is 0 Å². The lowest BCUT2D eigenvalue weighted by atomic mass is 10.0. The van der Waals surface area contributed by atoms with Gasteiger partial charge in [0, 0.05) is 52.4 Å². The first-order chi connectivity index (χ1) is 11.8. The van der Waals surface area contributed by atoms with Gasteiger partial charge in [0.05, 0.1) is 6.61 Å². The molecule has 3 fully saturated rings. The van der Waals surface area contributed by atoms with Crippen molar-refractivity contribution in [2.24, 2.45) is 16.8 Å². The molecule has 0 amide bonds. The number of hydrogen-bond donors (Lipinski definition) is 1. The van der Waals surface area contributed by atoms with E-state index in [0.29, 0.717) is 0 Å². The predicted octanol–water partition coefficient (Wildman–Crippen LogP) is 2.37. The van der Waals surface area contributed by atoms with Crippen LogP contribution >= 0.6 is 35.7 Å². The smallest absolute Gasteiger partial charge is 0.194 e. The molecular formula is C18H35IN4OS. The lowest BCUT2D eigenvalue weighted by Crippen LogP contribution is -2.53. The van der Waals surface area contributed by atoms with Crippen molar-refractivity contribution >= 4 is 41.7 Å². The van der Waals surface area contributed by atoms with Crippen LogP contribution in [0.3, 0.4) is 0 Å². The normalized spacial score (nSPS) is 26.5. The third-order valence-electron chi connectivity index (χ3n) is 5.39. The van der Waals surface area contributed by atoms with E-state index in [1.807, 2.05) is 0 Å². The molecule has 3 rings (SSSR count). The average molecular weight is 482 g/mol. The Morgan fingerprint density at radius 2 is 1.88 bits per heavy atom. The molecule has 146 valence electrons. The highest BCUT2D eigenvalue weighted by atomic mass is 127. The Bertz CT molecular complexity index is 393. The van der Waals surface area contributed by atoms with E-state index >= 15 is 0 Å². The Balaban J connectivity index is 0.00000225. The van der Waals surface area contributed by atoms with Crippen molar-refractivity contribution in [2.75, 3.05) is 70.5 Å². The minimum Gasteiger partial charge on any atom is -0.381 e. The van der Waals surface area contributed by atoms with Gasteiger partial charge < -0.3 is 15.0 Å². The quantitative estimate of drug-likeness (QED) is 0.370. The molecule has 0 saturated carbocycles. The summed E-state index contributed by atoms with van der Waals surface area (Å²) < 4.78 is 5.51. The molecule has 3 saturated heterocycles. The number of hydrogen-bond acceptors (Lipinski definition) is 4. The summed E-state index contributed by atoms with van der Waals surface area (Å²) in [5.41, 5.74) is 0. The molecule has 0 aliphatic carbocycles. The maximum Gasteiger partial charge on any atom is 0.194 e. The van der Waals surface area contributed by atoms with Gasteiger partial charge in [-0.25, -0.2) is 0 Å². The average Bonchev–Trinajstić information content (AvgIpc) is 3.13. The van der Waals surface area contributed by atoms with Crippen molar-refractivity contribution in [3.05, 3.63) is 0 Å². The van der Waals surface area contributed by atoms with Gasteiger partial charge in [0.25, 0.3) is 0 Å². The summed E-state index contributed by atoms with van der Waals surface area (Å²) in [6.07, 6.45) is 3.92. The number of aliphatic imine (C=N–C) groups is 1. The Kier molecular flexibility index (Phi) is 10.2. The summed E-state index contributed by atoms with van der Waals surface area (Å²) in [6.45, 7) is 11.8. The lowest BCUT2D eigenvalue weighted by molar-refractivity contribution is 0.139. The fraction of sp³-hybridized carbons (Fsp3) is 0.944. The van der Waals surface area contributed by atoms with Crippen LogP contribution in [-0.2, 0) is 4.74 Å². The zero-order chi connectivity index (χ0) is 16.6. The Morgan fingerprint density at radius 3 is 2.52 bits per heavy atom. The number of rotatable bonds is 5. The van der Waals surface area contributed by atoms with E-state index in [1.165, 1.54) is 37.3 Å². The molecule has 1 N–H and O–H groups in total. The maximum atomic E-state index is 5.51. The van der Waals surface area contributed by atoms with Gasteiger partial charge in [0.15, 0.2) is 5.96 Å². The topological polar surface area (TPSA) is 40.1 Å². The molecule has 5 nitrogen and oxygen atoms in total. The van der Waals surface area contributed by atoms with E-state index in [-0.39, 0.29) is 24.0 Å². The van der Waals surface area contributed by atoms with Gasteiger partial charge in [-0.1, -0.05) is 0 Å². The lowest BCUT2D eigenvalue weighted by Gasteiger charge is -2.37. The van der Waals surface area contributed by atoms with Crippen molar-refractivity contribution < 1.29 is 4.74 Å². The number of piperazine rings is 1. The van der Waals surface area contributed by atoms with Crippen molar-refractivity contribution in [1.29, 1.82) is 0 Å². The van der Waals surface area contributed by atoms with Gasteiger partial charge in [-0.05, 0) is 49.5 Å². The Morgan fingerprint density at radius 1 is 1.12 bits per heavy atom. The molecule has 25 heavy (non-hydrogen) atoms. The van der Waals surface area contributed by atoms with E-state index in [2.05, 4.69) is 33.8 Å². The third-order valence-corrected chi connectivity index (χ3v) is 6.44. The highest BCUT2D eigenvalue weighted by molar-refractivity contribution is 14.0. The van der Waals surface area contributed by atoms with Crippen LogP contribution in [0.15, 0.2) is 4.99 Å². The molecular weight excluding hydrogens is 447 g/mol. The van der Waals surface area contributed by atoms with Crippen LogP contribution in [0, 0.1) is 11.8 Å². The van der Waals surface area contributed by atoms with Crippen LogP contribution < -0.4 is 5.32 Å². The molecule has 0 bridgehead atoms. The fourth-order valence-corrected chi connectivity index (χ4v) is 5.01. The maximum absolute atomic E-state index is 5.51. The highest BCUT2D eigenvalue weighted by Gasteiger charge is 2.24. The number of thioether (sulfide) groups is 1. The monoisotopic (exact) mass is 482 g/mol. The predicted molar refractivity (Wildman–Crippen MR) is 118 cm³/mol. The summed E-state index contributed by atoms with van der Waals surface area (Å²) in [6, 6.07) is 0. The van der Waals surface area contributed by atoms with Gasteiger partial charge in [0.2, 0.25) is 0 Å². The molecule has 0 aromatic heterocycles. The summed E-state index contributed by atoms with van der Waals surface area (Å²) in [4.78, 5) is 10.0. The summed E-state index contributed by atoms with van der Waals surface area (Å²) in [5.74, 6) is 5.33. The van der Waals surface area contributed by atoms with Crippen LogP contribution in [0.1, 0.15) is 26.2 Å². The van der Waals surface area contributed by atoms with Gasteiger partial charge in [-0.3, -0.25) is 9.89 Å². The molecule has 0 aromatic carbocycles. The first kappa shape index (κ1) is 21.6. The summed E-state index contributed by atoms with van der Waals surface area (Å²) in [5, 5.41) is 3.51. The second-order valence-electron chi connectivity index (χ2n) is 7.27. The molecule has 7 heteroatoms. The molecule has 3 aliphatic heterocycles. The molecule has 0 radical (unpaired) electrons. The number of ether oxygens (including phenoxy) is 1. The molecule has 1 atom stereocenters. The van der Waals surface area contributed by atoms with Gasteiger partial charge in [-0.2, -0.15) is 11.8 Å². The molecule has 3 aliphatic rings. The largest absolute Gasteiger partial charge is 0.381 e. The molecule has 1 unspecified atom stereocenters. The van der Waals surface area contributed by atoms with Gasteiger partial charge >= 0.3 is 0 Å². The number of guanidine groups is 1. The molecule has 0 aromatic rings. The van der Waals surface area contributed by atoms with E-state index in [4.69, 9.17) is 9.73 Å². The Labute approximate surface area is 174 Å². The zero-order valence-corrected chi connectivity index (χ0v) is 18.8. The van der Waals surface area contributed by atoms with E-state index in [9.17, 15) is 0 Å². The molecule has 3 heterocycles. The van der Waals surface area contributed by atoms with Crippen molar-refractivity contribution in [2.45, 2.75) is 26.2 Å². The third kappa shape index (κ3) is 7.07. The van der Waals surface area contributed by atoms with Gasteiger partial charge in [-0.15, -0.1) is 24.0 Å². The first-order valence-corrected chi connectivity index (χ1v) is 10.9. The fourth-order valence-electron chi connectivity index (χ4n) is 3.81. The Hall–Kier alpha value is 0.270. The standard InChI is InChI=1S/C18H34N4OS.HI/c1-2-19-18(20-13-16-4-11-24-12-5-16)22-8-6-21(7-9-22)14-17-3-10-23-15-17;/h16-17H,2-15H2,1H3,(H,19,20);1H. The summed E-state index contributed by atoms with van der Waals surface area (Å²) in [7, 11) is 0. The number of nitrogens with zero attached hydrogens (tertiary/aromatic N) is 3. The zero-order valence-electron chi connectivity index (χ0n) is 15.6. The van der Waals surface area contributed by atoms with E-state index < -0.39 is 0 Å². The van der Waals surface area contributed by atoms with Crippen LogP contribution in [0.4, 0.5) is 0 Å². The van der Waals surface area contributed by atoms with Crippen molar-refractivity contribution in [1.82, 2.24) is 15.1 Å². The SMILES string of the molecule is CCNC(=NCC1CCSCC1)N1CCN(CC2CCOC2)CC1.I. The van der Waals surface area contributed by atoms with Crippen LogP contribution in [0.25, 0.3) is 0 Å². The minimum atomic E-state index is 0. The van der Waals surface area contributed by atoms with Crippen LogP contribution in [0.5, 0.6) is 0 Å². The number of halogens is 1. The minimum absolute atomic E-state index is 0. The van der Waals surface area contributed by atoms with E-state index in [1.54, 1.807) is 0 Å². The van der Waals surface area contributed by atoms with Crippen molar-refractivity contribution in [3.63, 3.8) is 0 Å². The molecule has 0 spiro atoms. The van der Waals surface area contributed by atoms with Crippen LogP contribution in [-0.4, -0.2) is 86.3 Å². The second-order valence-corrected chi connectivity index (χ2v) is 8.49. The van der Waals surface area contributed by atoms with Crippen LogP contribution in [0.2, 0.25) is 0 Å². The number of nitrogens with one attached hydrogen (secondary N) is 1. The first-order valence-electron chi connectivity index (χ1n) is 9.76. The second kappa shape index (κ2) is 11.9. The summed E-state index contributed by atoms with van der Waals surface area (Å²) >= 11 is 2.10. The highest BCUT2D eigenvalue weighted by Crippen LogP contribution is 2.23. The van der Waals surface area contributed by atoms with E-state index in [0.717, 1.165) is 70.3 Å². The van der Waals surface area contributed by atoms with Gasteiger partial charge in [0.1, 0.15) is 0 Å².